The number of benzene rings is 3. The van der Waals surface area contributed by atoms with Crippen molar-refractivity contribution in [1.29, 1.82) is 5.41 Å². The number of rotatable bonds is 10. The summed E-state index contributed by atoms with van der Waals surface area (Å²) >= 11 is 12.7. The quantitative estimate of drug-likeness (QED) is 0.175. The number of halogens is 2. The first-order valence-electron chi connectivity index (χ1n) is 12.5. The second kappa shape index (κ2) is 12.9. The minimum absolute atomic E-state index is 0.0669. The third-order valence-corrected chi connectivity index (χ3v) is 6.90. The number of nitrogens with zero attached hydrogens (tertiary/aromatic N) is 2. The molecule has 1 heterocycles. The van der Waals surface area contributed by atoms with Gasteiger partial charge in [-0.3, -0.25) is 10.2 Å². The van der Waals surface area contributed by atoms with E-state index in [4.69, 9.17) is 39.1 Å². The van der Waals surface area contributed by atoms with Crippen LogP contribution in [0, 0.1) is 5.41 Å². The van der Waals surface area contributed by atoms with Crippen LogP contribution < -0.4 is 26.0 Å². The summed E-state index contributed by atoms with van der Waals surface area (Å²) < 4.78 is 5.78. The van der Waals surface area contributed by atoms with Crippen molar-refractivity contribution >= 4 is 58.0 Å². The van der Waals surface area contributed by atoms with Gasteiger partial charge in [0.2, 0.25) is 0 Å². The van der Waals surface area contributed by atoms with Crippen molar-refractivity contribution in [3.8, 4) is 5.75 Å². The first-order chi connectivity index (χ1) is 19.1. The number of hydrogen-bond donors (Lipinski definition) is 5. The molecule has 10 nitrogen and oxygen atoms in total. The molecular formula is C28H30Cl2N6O4. The van der Waals surface area contributed by atoms with E-state index in [-0.39, 0.29) is 12.4 Å². The molecular weight excluding hydrogens is 555 g/mol. The van der Waals surface area contributed by atoms with Crippen LogP contribution in [0.1, 0.15) is 21.5 Å². The highest BCUT2D eigenvalue weighted by molar-refractivity contribution is 6.31. The second-order valence-electron chi connectivity index (χ2n) is 9.37. The van der Waals surface area contributed by atoms with E-state index in [1.54, 1.807) is 54.6 Å². The Morgan fingerprint density at radius 1 is 1.02 bits per heavy atom. The monoisotopic (exact) mass is 584 g/mol. The number of nitrogens with one attached hydrogen (secondary N) is 3. The van der Waals surface area contributed by atoms with E-state index in [0.717, 1.165) is 31.9 Å². The highest BCUT2D eigenvalue weighted by Crippen LogP contribution is 2.37. The first-order valence-corrected chi connectivity index (χ1v) is 13.3. The number of carbonyl (C=O) groups is 2. The van der Waals surface area contributed by atoms with Crippen LogP contribution >= 0.6 is 23.2 Å². The molecule has 4 rings (SSSR count). The molecule has 0 aliphatic carbocycles. The van der Waals surface area contributed by atoms with Crippen molar-refractivity contribution in [1.82, 2.24) is 4.90 Å². The second-order valence-corrected chi connectivity index (χ2v) is 10.2. The standard InChI is InChI=1S/C28H30Cl2N6O4/c1-35-8-10-36(11-9-35)24-14-20(30)12-18(26(24)40-16-25(37)38)15-33-23-7-4-19(29)13-22(23)28(39)34-21-5-2-17(3-6-21)27(31)32/h2-7,12-14,33H,8-11,15-16H2,1H3,(H3,31,32)(H,34,39)(H,37,38). The minimum atomic E-state index is -1.09. The Morgan fingerprint density at radius 3 is 2.38 bits per heavy atom. The zero-order chi connectivity index (χ0) is 28.8. The number of anilines is 3. The van der Waals surface area contributed by atoms with Crippen molar-refractivity contribution in [3.63, 3.8) is 0 Å². The predicted molar refractivity (Wildman–Crippen MR) is 158 cm³/mol. The molecule has 0 bridgehead atoms. The number of carboxylic acids is 1. The average Bonchev–Trinajstić information content (AvgIpc) is 2.92. The molecule has 3 aromatic rings. The number of nitrogens with two attached hydrogens (primary N) is 1. The van der Waals surface area contributed by atoms with Crippen molar-refractivity contribution in [3.05, 3.63) is 81.3 Å². The summed E-state index contributed by atoms with van der Waals surface area (Å²) in [6.07, 6.45) is 0. The Kier molecular flexibility index (Phi) is 9.36. The van der Waals surface area contributed by atoms with E-state index in [9.17, 15) is 14.7 Å². The van der Waals surface area contributed by atoms with Crippen LogP contribution in [0.2, 0.25) is 10.0 Å². The number of carboxylic acid groups (broad SMARTS) is 1. The lowest BCUT2D eigenvalue weighted by Crippen LogP contribution is -2.44. The van der Waals surface area contributed by atoms with Gasteiger partial charge in [-0.05, 0) is 61.6 Å². The molecule has 1 fully saturated rings. The Bertz CT molecular complexity index is 1410. The van der Waals surface area contributed by atoms with Gasteiger partial charge >= 0.3 is 5.97 Å². The highest BCUT2D eigenvalue weighted by atomic mass is 35.5. The fourth-order valence-electron chi connectivity index (χ4n) is 4.33. The molecule has 1 saturated heterocycles. The topological polar surface area (TPSA) is 144 Å². The predicted octanol–water partition coefficient (Wildman–Crippen LogP) is 4.36. The zero-order valence-electron chi connectivity index (χ0n) is 21.8. The molecule has 1 amide bonds. The van der Waals surface area contributed by atoms with Crippen molar-refractivity contribution in [2.24, 2.45) is 5.73 Å². The lowest BCUT2D eigenvalue weighted by atomic mass is 10.1. The van der Waals surface area contributed by atoms with Gasteiger partial charge in [-0.2, -0.15) is 0 Å². The van der Waals surface area contributed by atoms with E-state index in [1.165, 1.54) is 0 Å². The van der Waals surface area contributed by atoms with Crippen LogP contribution in [0.3, 0.4) is 0 Å². The van der Waals surface area contributed by atoms with E-state index >= 15 is 0 Å². The lowest BCUT2D eigenvalue weighted by Gasteiger charge is -2.35. The minimum Gasteiger partial charge on any atom is -0.479 e. The van der Waals surface area contributed by atoms with Gasteiger partial charge in [0.25, 0.3) is 5.91 Å². The third-order valence-electron chi connectivity index (χ3n) is 6.44. The number of ether oxygens (including phenoxy) is 1. The molecule has 0 atom stereocenters. The number of amides is 1. The fraction of sp³-hybridized carbons (Fsp3) is 0.250. The summed E-state index contributed by atoms with van der Waals surface area (Å²) in [5.41, 5.74) is 8.75. The Labute approximate surface area is 242 Å². The molecule has 1 aliphatic heterocycles. The van der Waals surface area contributed by atoms with Crippen LogP contribution in [0.25, 0.3) is 0 Å². The van der Waals surface area contributed by atoms with Crippen LogP contribution in [0.5, 0.6) is 5.75 Å². The Morgan fingerprint density at radius 2 is 1.73 bits per heavy atom. The fourth-order valence-corrected chi connectivity index (χ4v) is 4.74. The summed E-state index contributed by atoms with van der Waals surface area (Å²) in [5, 5.41) is 23.8. The molecule has 0 aromatic heterocycles. The molecule has 1 aliphatic rings. The maximum Gasteiger partial charge on any atom is 0.341 e. The van der Waals surface area contributed by atoms with Crippen molar-refractivity contribution < 1.29 is 19.4 Å². The molecule has 6 N–H and O–H groups in total. The number of aliphatic carboxylic acids is 1. The maximum atomic E-state index is 13.2. The third kappa shape index (κ3) is 7.35. The van der Waals surface area contributed by atoms with Gasteiger partial charge in [-0.25, -0.2) is 4.79 Å². The largest absolute Gasteiger partial charge is 0.479 e. The van der Waals surface area contributed by atoms with Gasteiger partial charge in [0, 0.05) is 65.3 Å². The smallest absolute Gasteiger partial charge is 0.341 e. The summed E-state index contributed by atoms with van der Waals surface area (Å²) in [6.45, 7) is 2.86. The molecule has 40 heavy (non-hydrogen) atoms. The van der Waals surface area contributed by atoms with E-state index in [0.29, 0.717) is 43.9 Å². The number of likely N-dealkylation sites (N-methyl/N-ethyl adjacent to an activating group) is 1. The Balaban J connectivity index is 1.59. The lowest BCUT2D eigenvalue weighted by molar-refractivity contribution is -0.139. The molecule has 0 saturated carbocycles. The van der Waals surface area contributed by atoms with Crippen molar-refractivity contribution in [2.45, 2.75) is 6.54 Å². The molecule has 0 spiro atoms. The van der Waals surface area contributed by atoms with Crippen LogP contribution in [0.4, 0.5) is 17.1 Å². The van der Waals surface area contributed by atoms with E-state index in [2.05, 4.69) is 20.4 Å². The average molecular weight is 585 g/mol. The van der Waals surface area contributed by atoms with Gasteiger partial charge in [0.1, 0.15) is 11.6 Å². The SMILES string of the molecule is CN1CCN(c2cc(Cl)cc(CNc3ccc(Cl)cc3C(=O)Nc3ccc(C(=N)N)cc3)c2OCC(=O)O)CC1. The number of carbonyl (C=O) groups excluding carboxylic acids is 1. The first kappa shape index (κ1) is 29.0. The highest BCUT2D eigenvalue weighted by Gasteiger charge is 2.22. The van der Waals surface area contributed by atoms with Crippen LogP contribution in [0.15, 0.2) is 54.6 Å². The van der Waals surface area contributed by atoms with Gasteiger partial charge in [-0.15, -0.1) is 0 Å². The summed E-state index contributed by atoms with van der Waals surface area (Å²) in [5.74, 6) is -1.13. The van der Waals surface area contributed by atoms with E-state index < -0.39 is 18.5 Å². The van der Waals surface area contributed by atoms with Gasteiger partial charge in [0.05, 0.1) is 11.3 Å². The van der Waals surface area contributed by atoms with Gasteiger partial charge < -0.3 is 36.0 Å². The number of hydrogen-bond acceptors (Lipinski definition) is 7. The molecule has 0 radical (unpaired) electrons. The molecule has 3 aromatic carbocycles. The Hall–Kier alpha value is -3.99. The van der Waals surface area contributed by atoms with Crippen molar-refractivity contribution in [2.75, 3.05) is 55.4 Å². The molecule has 210 valence electrons. The maximum absolute atomic E-state index is 13.2. The van der Waals surface area contributed by atoms with E-state index in [1.807, 2.05) is 7.05 Å². The van der Waals surface area contributed by atoms with Gasteiger partial charge in [0.15, 0.2) is 6.61 Å². The molecule has 0 unspecified atom stereocenters. The number of piperazine rings is 1. The summed E-state index contributed by atoms with van der Waals surface area (Å²) in [7, 11) is 2.05. The number of nitrogen functional groups attached to an aromatic ring is 1. The summed E-state index contributed by atoms with van der Waals surface area (Å²) in [4.78, 5) is 28.9. The van der Waals surface area contributed by atoms with Crippen LogP contribution in [-0.2, 0) is 11.3 Å². The number of amidine groups is 1. The van der Waals surface area contributed by atoms with Crippen LogP contribution in [-0.4, -0.2) is 67.6 Å². The normalized spacial score (nSPS) is 13.5. The zero-order valence-corrected chi connectivity index (χ0v) is 23.4. The summed E-state index contributed by atoms with van der Waals surface area (Å²) in [6, 6.07) is 15.0. The van der Waals surface area contributed by atoms with Gasteiger partial charge in [-0.1, -0.05) is 23.2 Å². The molecule has 12 heteroatoms.